The fourth-order valence-electron chi connectivity index (χ4n) is 1.75. The summed E-state index contributed by atoms with van der Waals surface area (Å²) in [7, 11) is 0. The maximum atomic E-state index is 5.74. The second-order valence-corrected chi connectivity index (χ2v) is 3.89. The number of hydrogen-bond acceptors (Lipinski definition) is 4. The molecule has 0 aromatic heterocycles. The first-order valence-electron chi connectivity index (χ1n) is 6.07. The van der Waals surface area contributed by atoms with Crippen LogP contribution in [-0.2, 0) is 4.74 Å². The van der Waals surface area contributed by atoms with Gasteiger partial charge in [0, 0.05) is 13.1 Å². The van der Waals surface area contributed by atoms with Crippen molar-refractivity contribution in [3.8, 4) is 11.5 Å². The minimum atomic E-state index is 0. The number of para-hydroxylation sites is 2. The van der Waals surface area contributed by atoms with Crippen LogP contribution in [-0.4, -0.2) is 39.0 Å². The Kier molecular flexibility index (Phi) is 6.54. The van der Waals surface area contributed by atoms with E-state index in [1.54, 1.807) is 0 Å². The zero-order valence-electron chi connectivity index (χ0n) is 10.1. The topological polar surface area (TPSA) is 39.7 Å². The molecule has 102 valence electrons. The van der Waals surface area contributed by atoms with Gasteiger partial charge in [0.25, 0.3) is 0 Å². The van der Waals surface area contributed by atoms with Crippen LogP contribution >= 0.6 is 0 Å². The van der Waals surface area contributed by atoms with Crippen LogP contribution < -0.4 is 14.8 Å². The lowest BCUT2D eigenvalue weighted by Crippen LogP contribution is -2.41. The highest BCUT2D eigenvalue weighted by Gasteiger charge is 2.14. The number of rotatable bonds is 5. The summed E-state index contributed by atoms with van der Waals surface area (Å²) in [4.78, 5) is 0. The average molecular weight is 253 g/mol. The highest BCUT2D eigenvalue weighted by atomic mass is 16.5. The first-order valence-corrected chi connectivity index (χ1v) is 6.07. The third-order valence-corrected chi connectivity index (χ3v) is 2.58. The molecule has 1 heterocycles. The number of hydrogen-bond donors (Lipinski definition) is 1. The van der Waals surface area contributed by atoms with Gasteiger partial charge in [0.05, 0.1) is 13.2 Å². The summed E-state index contributed by atoms with van der Waals surface area (Å²) in [5.41, 5.74) is 0. The Morgan fingerprint density at radius 2 is 2.00 bits per heavy atom. The van der Waals surface area contributed by atoms with Crippen LogP contribution in [0.5, 0.6) is 11.5 Å². The molecule has 1 fully saturated rings. The summed E-state index contributed by atoms with van der Waals surface area (Å²) in [6, 6.07) is 7.72. The second kappa shape index (κ2) is 7.95. The molecule has 2 rings (SSSR count). The molecule has 1 N–H and O–H groups in total. The van der Waals surface area contributed by atoms with E-state index >= 15 is 0 Å². The molecule has 4 nitrogen and oxygen atoms in total. The number of nitrogens with one attached hydrogen (secondary N) is 1. The van der Waals surface area contributed by atoms with Gasteiger partial charge in [-0.2, -0.15) is 0 Å². The Hall–Kier alpha value is -1.26. The maximum absolute atomic E-state index is 5.74. The number of ether oxygens (including phenoxy) is 3. The van der Waals surface area contributed by atoms with E-state index in [-0.39, 0.29) is 13.5 Å². The number of morpholine rings is 1. The Morgan fingerprint density at radius 1 is 1.28 bits per heavy atom. The molecule has 0 spiro atoms. The second-order valence-electron chi connectivity index (χ2n) is 3.89. The van der Waals surface area contributed by atoms with Gasteiger partial charge in [0.2, 0.25) is 0 Å². The summed E-state index contributed by atoms with van der Waals surface area (Å²) in [5.74, 6) is 1.57. The van der Waals surface area contributed by atoms with Crippen LogP contribution in [0.25, 0.3) is 0 Å². The van der Waals surface area contributed by atoms with Gasteiger partial charge in [-0.05, 0) is 19.1 Å². The monoisotopic (exact) mass is 253 g/mol. The lowest BCUT2D eigenvalue weighted by molar-refractivity contribution is -0.000350. The Morgan fingerprint density at radius 3 is 2.61 bits per heavy atom. The van der Waals surface area contributed by atoms with E-state index < -0.39 is 0 Å². The third-order valence-electron chi connectivity index (χ3n) is 2.58. The van der Waals surface area contributed by atoms with E-state index in [1.165, 1.54) is 0 Å². The van der Waals surface area contributed by atoms with Crippen molar-refractivity contribution in [2.45, 2.75) is 20.5 Å². The van der Waals surface area contributed by atoms with E-state index in [0.29, 0.717) is 13.2 Å². The van der Waals surface area contributed by atoms with Gasteiger partial charge in [0.1, 0.15) is 12.7 Å². The fourth-order valence-corrected chi connectivity index (χ4v) is 1.75. The van der Waals surface area contributed by atoms with Gasteiger partial charge in [-0.3, -0.25) is 0 Å². The largest absolute Gasteiger partial charge is 0.490 e. The molecular weight excluding hydrogens is 230 g/mol. The smallest absolute Gasteiger partial charge is 0.161 e. The van der Waals surface area contributed by atoms with Gasteiger partial charge < -0.3 is 19.5 Å². The van der Waals surface area contributed by atoms with Gasteiger partial charge in [0.15, 0.2) is 11.5 Å². The van der Waals surface area contributed by atoms with E-state index in [2.05, 4.69) is 5.32 Å². The molecule has 1 unspecified atom stereocenters. The van der Waals surface area contributed by atoms with Crippen molar-refractivity contribution < 1.29 is 14.2 Å². The Labute approximate surface area is 109 Å². The molecule has 1 aliphatic rings. The average Bonchev–Trinajstić information content (AvgIpc) is 2.39. The normalized spacial score (nSPS) is 18.8. The van der Waals surface area contributed by atoms with Crippen molar-refractivity contribution in [2.24, 2.45) is 0 Å². The van der Waals surface area contributed by atoms with Crippen molar-refractivity contribution in [1.29, 1.82) is 0 Å². The molecule has 1 aromatic rings. The van der Waals surface area contributed by atoms with Crippen molar-refractivity contribution in [3.05, 3.63) is 24.3 Å². The minimum absolute atomic E-state index is 0. The number of benzene rings is 1. The van der Waals surface area contributed by atoms with Gasteiger partial charge in [-0.15, -0.1) is 0 Å². The van der Waals surface area contributed by atoms with Crippen molar-refractivity contribution >= 4 is 0 Å². The zero-order valence-corrected chi connectivity index (χ0v) is 10.1. The summed E-state index contributed by atoms with van der Waals surface area (Å²) in [6.07, 6.45) is 0.124. The standard InChI is InChI=1S/C13H19NO3.CH4/c1-2-15-12-5-3-4-6-13(12)17-10-11-9-14-7-8-16-11;/h3-6,11,14H,2,7-10H2,1H3;1H4. The van der Waals surface area contributed by atoms with Crippen LogP contribution in [0.2, 0.25) is 0 Å². The third kappa shape index (κ3) is 4.20. The Bertz CT molecular complexity index is 338. The predicted molar refractivity (Wildman–Crippen MR) is 72.4 cm³/mol. The summed E-state index contributed by atoms with van der Waals surface area (Å²) in [5, 5.41) is 3.27. The van der Waals surface area contributed by atoms with Gasteiger partial charge >= 0.3 is 0 Å². The van der Waals surface area contributed by atoms with Crippen LogP contribution in [0.1, 0.15) is 14.4 Å². The molecular formula is C14H23NO3. The molecule has 18 heavy (non-hydrogen) atoms. The SMILES string of the molecule is C.CCOc1ccccc1OCC1CNCCO1. The molecule has 4 heteroatoms. The van der Waals surface area contributed by atoms with Crippen LogP contribution in [0.3, 0.4) is 0 Å². The lowest BCUT2D eigenvalue weighted by atomic mass is 10.3. The molecule has 0 radical (unpaired) electrons. The molecule has 1 aliphatic heterocycles. The quantitative estimate of drug-likeness (QED) is 0.872. The van der Waals surface area contributed by atoms with Crippen molar-refractivity contribution in [3.63, 3.8) is 0 Å². The molecule has 0 aliphatic carbocycles. The van der Waals surface area contributed by atoms with Crippen molar-refractivity contribution in [1.82, 2.24) is 5.32 Å². The van der Waals surface area contributed by atoms with Crippen LogP contribution in [0.4, 0.5) is 0 Å². The molecule has 0 bridgehead atoms. The fraction of sp³-hybridized carbons (Fsp3) is 0.571. The van der Waals surface area contributed by atoms with E-state index in [1.807, 2.05) is 31.2 Å². The van der Waals surface area contributed by atoms with Gasteiger partial charge in [-0.1, -0.05) is 19.6 Å². The Balaban J connectivity index is 0.00000162. The maximum Gasteiger partial charge on any atom is 0.161 e. The summed E-state index contributed by atoms with van der Waals surface area (Å²) < 4.78 is 16.8. The first-order chi connectivity index (χ1) is 8.40. The lowest BCUT2D eigenvalue weighted by Gasteiger charge is -2.24. The van der Waals surface area contributed by atoms with Crippen LogP contribution in [0.15, 0.2) is 24.3 Å². The molecule has 1 aromatic carbocycles. The summed E-state index contributed by atoms with van der Waals surface area (Å²) >= 11 is 0. The van der Waals surface area contributed by atoms with Crippen molar-refractivity contribution in [2.75, 3.05) is 32.9 Å². The van der Waals surface area contributed by atoms with Crippen LogP contribution in [0, 0.1) is 0 Å². The highest BCUT2D eigenvalue weighted by Crippen LogP contribution is 2.26. The molecule has 0 amide bonds. The first kappa shape index (κ1) is 14.8. The highest BCUT2D eigenvalue weighted by molar-refractivity contribution is 5.39. The molecule has 0 saturated carbocycles. The predicted octanol–water partition coefficient (Wildman–Crippen LogP) is 2.09. The van der Waals surface area contributed by atoms with E-state index in [0.717, 1.165) is 31.2 Å². The summed E-state index contributed by atoms with van der Waals surface area (Å²) in [6.45, 7) is 5.67. The molecule has 1 saturated heterocycles. The molecule has 1 atom stereocenters. The minimum Gasteiger partial charge on any atom is -0.490 e. The van der Waals surface area contributed by atoms with E-state index in [4.69, 9.17) is 14.2 Å². The zero-order chi connectivity index (χ0) is 11.9. The van der Waals surface area contributed by atoms with Gasteiger partial charge in [-0.25, -0.2) is 0 Å². The van der Waals surface area contributed by atoms with E-state index in [9.17, 15) is 0 Å².